The number of ketones is 2. The quantitative estimate of drug-likeness (QED) is 0.643. The molecule has 2 N–H and O–H groups in total. The lowest BCUT2D eigenvalue weighted by molar-refractivity contribution is -0.121. The van der Waals surface area contributed by atoms with Crippen molar-refractivity contribution < 1.29 is 14.4 Å². The van der Waals surface area contributed by atoms with E-state index in [0.717, 1.165) is 11.8 Å². The highest BCUT2D eigenvalue weighted by Crippen LogP contribution is 2.07. The van der Waals surface area contributed by atoms with Crippen LogP contribution < -0.4 is 5.73 Å². The highest BCUT2D eigenvalue weighted by Gasteiger charge is 2.12. The van der Waals surface area contributed by atoms with Gasteiger partial charge in [-0.3, -0.25) is 14.4 Å². The number of rotatable bonds is 5. The van der Waals surface area contributed by atoms with Crippen LogP contribution in [0.5, 0.6) is 0 Å². The molecule has 0 aliphatic heterocycles. The van der Waals surface area contributed by atoms with Crippen LogP contribution in [0.2, 0.25) is 0 Å². The smallest absolute Gasteiger partial charge is 0.196 e. The maximum absolute atomic E-state index is 11.0. The van der Waals surface area contributed by atoms with Gasteiger partial charge >= 0.3 is 0 Å². The summed E-state index contributed by atoms with van der Waals surface area (Å²) in [6.45, 7) is 2.73. The Bertz CT molecular complexity index is 227. The van der Waals surface area contributed by atoms with Gasteiger partial charge in [-0.05, 0) is 13.8 Å². The summed E-state index contributed by atoms with van der Waals surface area (Å²) in [7, 11) is 0. The maximum Gasteiger partial charge on any atom is 0.196 e. The monoisotopic (exact) mass is 203 g/mol. The molecule has 0 fully saturated rings. The van der Waals surface area contributed by atoms with Gasteiger partial charge in [0.1, 0.15) is 11.6 Å². The number of thioether (sulfide) groups is 1. The van der Waals surface area contributed by atoms with E-state index in [1.165, 1.54) is 13.8 Å². The summed E-state index contributed by atoms with van der Waals surface area (Å²) in [5.74, 6) is -0.0708. The van der Waals surface area contributed by atoms with Crippen LogP contribution in [0.4, 0.5) is 0 Å². The van der Waals surface area contributed by atoms with Crippen LogP contribution in [-0.4, -0.2) is 28.5 Å². The van der Waals surface area contributed by atoms with Gasteiger partial charge in [-0.2, -0.15) is 0 Å². The first-order valence-corrected chi connectivity index (χ1v) is 4.83. The highest BCUT2D eigenvalue weighted by molar-refractivity contribution is 8.13. The molecule has 0 aliphatic carbocycles. The van der Waals surface area contributed by atoms with E-state index in [1.807, 2.05) is 0 Å². The normalized spacial score (nSPS) is 12.2. The molecule has 0 saturated heterocycles. The molecule has 4 nitrogen and oxygen atoms in total. The Kier molecular flexibility index (Phi) is 5.57. The summed E-state index contributed by atoms with van der Waals surface area (Å²) in [5.41, 5.74) is 5.39. The zero-order chi connectivity index (χ0) is 10.4. The molecule has 0 aromatic carbocycles. The molecular formula is C8H13NO3S. The van der Waals surface area contributed by atoms with Gasteiger partial charge in [-0.15, -0.1) is 0 Å². The van der Waals surface area contributed by atoms with Gasteiger partial charge in [-0.25, -0.2) is 0 Å². The summed E-state index contributed by atoms with van der Waals surface area (Å²) in [6.07, 6.45) is -0.0880. The number of nitrogens with two attached hydrogens (primary N) is 1. The fourth-order valence-corrected chi connectivity index (χ4v) is 1.46. The molecule has 5 heteroatoms. The predicted molar refractivity (Wildman–Crippen MR) is 51.4 cm³/mol. The van der Waals surface area contributed by atoms with Crippen LogP contribution in [0.15, 0.2) is 0 Å². The first kappa shape index (κ1) is 12.3. The van der Waals surface area contributed by atoms with Crippen LogP contribution in [0, 0.1) is 0 Å². The third-order valence-corrected chi connectivity index (χ3v) is 2.33. The van der Waals surface area contributed by atoms with Gasteiger partial charge in [0.05, 0.1) is 12.5 Å². The van der Waals surface area contributed by atoms with E-state index in [0.29, 0.717) is 0 Å². The molecule has 13 heavy (non-hydrogen) atoms. The molecule has 74 valence electrons. The van der Waals surface area contributed by atoms with Gasteiger partial charge in [0.15, 0.2) is 5.12 Å². The maximum atomic E-state index is 11.0. The fraction of sp³-hybridized carbons (Fsp3) is 0.625. The lowest BCUT2D eigenvalue weighted by atomic mass is 10.3. The number of carbonyl (C=O) groups excluding carboxylic acids is 3. The third kappa shape index (κ3) is 6.48. The highest BCUT2D eigenvalue weighted by atomic mass is 32.2. The number of hydrogen-bond acceptors (Lipinski definition) is 5. The molecule has 0 bridgehead atoms. The summed E-state index contributed by atoms with van der Waals surface area (Å²) in [4.78, 5) is 32.1. The lowest BCUT2D eigenvalue weighted by Crippen LogP contribution is -2.31. The minimum absolute atomic E-state index is 0.0880. The topological polar surface area (TPSA) is 77.2 Å². The van der Waals surface area contributed by atoms with Gasteiger partial charge < -0.3 is 5.73 Å². The molecule has 0 saturated carbocycles. The van der Waals surface area contributed by atoms with Gasteiger partial charge in [0.25, 0.3) is 0 Å². The molecule has 1 atom stereocenters. The average molecular weight is 203 g/mol. The minimum Gasteiger partial charge on any atom is -0.321 e. The second kappa shape index (κ2) is 5.88. The Morgan fingerprint density at radius 1 is 1.31 bits per heavy atom. The van der Waals surface area contributed by atoms with Crippen molar-refractivity contribution in [2.45, 2.75) is 26.3 Å². The first-order chi connectivity index (χ1) is 5.93. The van der Waals surface area contributed by atoms with Crippen molar-refractivity contribution in [3.8, 4) is 0 Å². The van der Waals surface area contributed by atoms with Gasteiger partial charge in [-0.1, -0.05) is 11.8 Å². The molecular weight excluding hydrogens is 190 g/mol. The molecule has 0 spiro atoms. The molecule has 0 aromatic heterocycles. The molecule has 0 rings (SSSR count). The van der Waals surface area contributed by atoms with Crippen LogP contribution in [-0.2, 0) is 14.4 Å². The molecule has 0 aliphatic rings. The third-order valence-electron chi connectivity index (χ3n) is 1.34. The van der Waals surface area contributed by atoms with Gasteiger partial charge in [0, 0.05) is 5.75 Å². The van der Waals surface area contributed by atoms with E-state index in [2.05, 4.69) is 0 Å². The van der Waals surface area contributed by atoms with E-state index in [-0.39, 0.29) is 28.9 Å². The second-order valence-electron chi connectivity index (χ2n) is 2.78. The summed E-state index contributed by atoms with van der Waals surface area (Å²) in [6, 6.07) is -0.610. The van der Waals surface area contributed by atoms with Crippen LogP contribution in [0.3, 0.4) is 0 Å². The Hall–Kier alpha value is -0.680. The zero-order valence-electron chi connectivity index (χ0n) is 7.70. The number of hydrogen-bond donors (Lipinski definition) is 1. The Balaban J connectivity index is 3.70. The van der Waals surface area contributed by atoms with E-state index in [1.54, 1.807) is 0 Å². The predicted octanol–water partition coefficient (Wildman–Crippen LogP) is 0.142. The van der Waals surface area contributed by atoms with Crippen molar-refractivity contribution in [3.63, 3.8) is 0 Å². The largest absolute Gasteiger partial charge is 0.321 e. The van der Waals surface area contributed by atoms with Crippen molar-refractivity contribution >= 4 is 28.4 Å². The first-order valence-electron chi connectivity index (χ1n) is 3.84. The number of carbonyl (C=O) groups is 3. The van der Waals surface area contributed by atoms with Crippen molar-refractivity contribution in [1.82, 2.24) is 0 Å². The fourth-order valence-electron chi connectivity index (χ4n) is 0.554. The molecule has 0 heterocycles. The average Bonchev–Trinajstić information content (AvgIpc) is 1.98. The zero-order valence-corrected chi connectivity index (χ0v) is 8.52. The standard InChI is InChI=1S/C8H13NO3S/c1-5(10)3-8(12)13-4-7(9)6(2)11/h7H,3-4,9H2,1-2H3. The molecule has 1 unspecified atom stereocenters. The Morgan fingerprint density at radius 3 is 2.23 bits per heavy atom. The van der Waals surface area contributed by atoms with Crippen LogP contribution in [0.25, 0.3) is 0 Å². The number of Topliss-reactive ketones (excluding diaryl/α,β-unsaturated/α-hetero) is 2. The van der Waals surface area contributed by atoms with Crippen molar-refractivity contribution in [2.75, 3.05) is 5.75 Å². The molecule has 0 amide bonds. The summed E-state index contributed by atoms with van der Waals surface area (Å²) < 4.78 is 0. The van der Waals surface area contributed by atoms with Crippen molar-refractivity contribution in [2.24, 2.45) is 5.73 Å². The molecule has 0 radical (unpaired) electrons. The van der Waals surface area contributed by atoms with E-state index in [9.17, 15) is 14.4 Å². The lowest BCUT2D eigenvalue weighted by Gasteiger charge is -2.04. The Morgan fingerprint density at radius 2 is 1.85 bits per heavy atom. The SMILES string of the molecule is CC(=O)CC(=O)SCC(N)C(C)=O. The van der Waals surface area contributed by atoms with Crippen molar-refractivity contribution in [1.29, 1.82) is 0 Å². The van der Waals surface area contributed by atoms with E-state index >= 15 is 0 Å². The second-order valence-corrected chi connectivity index (χ2v) is 3.86. The van der Waals surface area contributed by atoms with Crippen LogP contribution in [0.1, 0.15) is 20.3 Å². The van der Waals surface area contributed by atoms with E-state index in [4.69, 9.17) is 5.73 Å². The summed E-state index contributed by atoms with van der Waals surface area (Å²) >= 11 is 0.936. The summed E-state index contributed by atoms with van der Waals surface area (Å²) in [5, 5.41) is -0.232. The Labute approximate surface area is 81.2 Å². The molecule has 0 aromatic rings. The minimum atomic E-state index is -0.610. The van der Waals surface area contributed by atoms with E-state index < -0.39 is 6.04 Å². The van der Waals surface area contributed by atoms with Gasteiger partial charge in [0.2, 0.25) is 0 Å². The van der Waals surface area contributed by atoms with Crippen molar-refractivity contribution in [3.05, 3.63) is 0 Å². The van der Waals surface area contributed by atoms with Crippen LogP contribution >= 0.6 is 11.8 Å².